The van der Waals surface area contributed by atoms with E-state index in [1.54, 1.807) is 7.05 Å². The first-order valence-corrected chi connectivity index (χ1v) is 9.85. The van der Waals surface area contributed by atoms with Gasteiger partial charge in [-0.15, -0.1) is 0 Å². The molecule has 2 atom stereocenters. The fraction of sp³-hybridized carbons (Fsp3) is 0.619. The Morgan fingerprint density at radius 2 is 2.00 bits per heavy atom. The number of nitrogens with one attached hydrogen (secondary N) is 1. The minimum Gasteiger partial charge on any atom is -0.469 e. The number of likely N-dealkylation sites (tertiary alicyclic amines) is 1. The van der Waals surface area contributed by atoms with Crippen molar-refractivity contribution in [2.24, 2.45) is 16.8 Å². The Morgan fingerprint density at radius 1 is 1.25 bits per heavy atom. The Labute approximate surface area is 168 Å². The number of hydrogen-bond donors (Lipinski definition) is 1. The summed E-state index contributed by atoms with van der Waals surface area (Å²) in [4.78, 5) is 18.4. The molecule has 2 unspecified atom stereocenters. The van der Waals surface area contributed by atoms with Crippen LogP contribution >= 0.6 is 0 Å². The van der Waals surface area contributed by atoms with Crippen LogP contribution in [0.4, 0.5) is 0 Å². The van der Waals surface area contributed by atoms with E-state index >= 15 is 0 Å². The first kappa shape index (κ1) is 22.2. The molecule has 0 bridgehead atoms. The fourth-order valence-electron chi connectivity index (χ4n) is 3.39. The van der Waals surface area contributed by atoms with Crippen molar-refractivity contribution in [3.05, 3.63) is 35.4 Å². The summed E-state index contributed by atoms with van der Waals surface area (Å²) in [5.41, 5.74) is 2.29. The Bertz CT molecular complexity index is 650. The molecule has 2 rings (SSSR count). The highest BCUT2D eigenvalue weighted by molar-refractivity contribution is 5.82. The molecule has 7 nitrogen and oxygen atoms in total. The molecule has 0 saturated carbocycles. The molecule has 1 aliphatic rings. The molecule has 1 N–H and O–H groups in total. The zero-order valence-electron chi connectivity index (χ0n) is 17.4. The van der Waals surface area contributed by atoms with Crippen LogP contribution in [0.2, 0.25) is 0 Å². The van der Waals surface area contributed by atoms with Gasteiger partial charge in [-0.25, -0.2) is 0 Å². The SMILES string of the molecule is CCOCCOCc1cccc(CNC(=NC)N2CC(C)C(C(=O)OC)C2)c1. The highest BCUT2D eigenvalue weighted by atomic mass is 16.5. The predicted octanol–water partition coefficient (Wildman–Crippen LogP) is 2.06. The Balaban J connectivity index is 1.85. The van der Waals surface area contributed by atoms with E-state index in [-0.39, 0.29) is 17.8 Å². The number of nitrogens with zero attached hydrogens (tertiary/aromatic N) is 2. The molecule has 28 heavy (non-hydrogen) atoms. The largest absolute Gasteiger partial charge is 0.469 e. The van der Waals surface area contributed by atoms with Gasteiger partial charge in [-0.1, -0.05) is 31.2 Å². The number of ether oxygens (including phenoxy) is 3. The van der Waals surface area contributed by atoms with Crippen molar-refractivity contribution < 1.29 is 19.0 Å². The third kappa shape index (κ3) is 6.49. The summed E-state index contributed by atoms with van der Waals surface area (Å²) in [5, 5.41) is 3.40. The molecule has 1 fully saturated rings. The molecule has 0 aromatic heterocycles. The quantitative estimate of drug-likeness (QED) is 0.301. The van der Waals surface area contributed by atoms with Crippen LogP contribution in [0.25, 0.3) is 0 Å². The van der Waals surface area contributed by atoms with Crippen molar-refractivity contribution in [3.63, 3.8) is 0 Å². The molecular weight excluding hydrogens is 358 g/mol. The fourth-order valence-corrected chi connectivity index (χ4v) is 3.39. The first-order valence-electron chi connectivity index (χ1n) is 9.85. The second-order valence-corrected chi connectivity index (χ2v) is 6.98. The lowest BCUT2D eigenvalue weighted by Crippen LogP contribution is -2.40. The number of hydrogen-bond acceptors (Lipinski definition) is 5. The molecule has 1 aromatic carbocycles. The van der Waals surface area contributed by atoms with Crippen molar-refractivity contribution >= 4 is 11.9 Å². The number of guanidine groups is 1. The lowest BCUT2D eigenvalue weighted by molar-refractivity contribution is -0.145. The monoisotopic (exact) mass is 391 g/mol. The number of benzene rings is 1. The topological polar surface area (TPSA) is 72.4 Å². The summed E-state index contributed by atoms with van der Waals surface area (Å²) in [7, 11) is 3.21. The summed E-state index contributed by atoms with van der Waals surface area (Å²) in [6.45, 7) is 8.61. The van der Waals surface area contributed by atoms with Crippen LogP contribution in [0.3, 0.4) is 0 Å². The Kier molecular flexibility index (Phi) is 9.23. The maximum Gasteiger partial charge on any atom is 0.310 e. The van der Waals surface area contributed by atoms with E-state index < -0.39 is 0 Å². The standard InChI is InChI=1S/C21H33N3O4/c1-5-27-9-10-28-15-18-8-6-7-17(11-18)12-23-21(22-3)24-13-16(2)19(14-24)20(25)26-4/h6-8,11,16,19H,5,9-10,12-15H2,1-4H3,(H,22,23). The maximum absolute atomic E-state index is 11.9. The zero-order valence-corrected chi connectivity index (χ0v) is 17.4. The third-order valence-corrected chi connectivity index (χ3v) is 4.91. The lowest BCUT2D eigenvalue weighted by Gasteiger charge is -2.21. The summed E-state index contributed by atoms with van der Waals surface area (Å²) in [6, 6.07) is 8.30. The minimum atomic E-state index is -0.150. The van der Waals surface area contributed by atoms with Gasteiger partial charge in [-0.2, -0.15) is 0 Å². The van der Waals surface area contributed by atoms with E-state index in [0.29, 0.717) is 39.5 Å². The number of aliphatic imine (C=N–C) groups is 1. The molecule has 0 radical (unpaired) electrons. The zero-order chi connectivity index (χ0) is 20.4. The van der Waals surface area contributed by atoms with E-state index in [1.807, 2.05) is 13.0 Å². The van der Waals surface area contributed by atoms with E-state index in [9.17, 15) is 4.79 Å². The highest BCUT2D eigenvalue weighted by Crippen LogP contribution is 2.24. The van der Waals surface area contributed by atoms with Gasteiger partial charge in [0, 0.05) is 33.3 Å². The van der Waals surface area contributed by atoms with Crippen LogP contribution < -0.4 is 5.32 Å². The third-order valence-electron chi connectivity index (χ3n) is 4.91. The van der Waals surface area contributed by atoms with Crippen molar-refractivity contribution in [2.75, 3.05) is 47.1 Å². The van der Waals surface area contributed by atoms with Gasteiger partial charge in [0.15, 0.2) is 5.96 Å². The number of rotatable bonds is 9. The molecular formula is C21H33N3O4. The molecule has 1 aromatic rings. The lowest BCUT2D eigenvalue weighted by atomic mass is 9.99. The van der Waals surface area contributed by atoms with Gasteiger partial charge < -0.3 is 24.4 Å². The van der Waals surface area contributed by atoms with Gasteiger partial charge in [-0.05, 0) is 24.0 Å². The van der Waals surface area contributed by atoms with Crippen LogP contribution in [-0.4, -0.2) is 63.9 Å². The Hall–Kier alpha value is -2.12. The van der Waals surface area contributed by atoms with Crippen molar-refractivity contribution in [2.45, 2.75) is 27.0 Å². The van der Waals surface area contributed by atoms with Crippen LogP contribution in [0.5, 0.6) is 0 Å². The van der Waals surface area contributed by atoms with Crippen LogP contribution in [0.15, 0.2) is 29.3 Å². The highest BCUT2D eigenvalue weighted by Gasteiger charge is 2.36. The molecule has 0 aliphatic carbocycles. The smallest absolute Gasteiger partial charge is 0.310 e. The van der Waals surface area contributed by atoms with Crippen molar-refractivity contribution in [1.82, 2.24) is 10.2 Å². The summed E-state index contributed by atoms with van der Waals surface area (Å²) in [5.74, 6) is 0.781. The normalized spacial score (nSPS) is 19.7. The molecule has 1 saturated heterocycles. The van der Waals surface area contributed by atoms with Gasteiger partial charge in [-0.3, -0.25) is 9.79 Å². The molecule has 7 heteroatoms. The number of carbonyl (C=O) groups excluding carboxylic acids is 1. The molecule has 0 amide bonds. The van der Waals surface area contributed by atoms with Gasteiger partial charge in [0.2, 0.25) is 0 Å². The summed E-state index contributed by atoms with van der Waals surface area (Å²) in [6.07, 6.45) is 0. The van der Waals surface area contributed by atoms with Crippen LogP contribution in [0, 0.1) is 11.8 Å². The number of esters is 1. The van der Waals surface area contributed by atoms with E-state index in [0.717, 1.165) is 23.6 Å². The summed E-state index contributed by atoms with van der Waals surface area (Å²) < 4.78 is 15.8. The molecule has 0 spiro atoms. The van der Waals surface area contributed by atoms with Crippen LogP contribution in [-0.2, 0) is 32.2 Å². The van der Waals surface area contributed by atoms with E-state index in [2.05, 4.69) is 40.3 Å². The second-order valence-electron chi connectivity index (χ2n) is 6.98. The van der Waals surface area contributed by atoms with Gasteiger partial charge in [0.25, 0.3) is 0 Å². The van der Waals surface area contributed by atoms with E-state index in [1.165, 1.54) is 7.11 Å². The summed E-state index contributed by atoms with van der Waals surface area (Å²) >= 11 is 0. The molecule has 1 aliphatic heterocycles. The number of carbonyl (C=O) groups is 1. The molecule has 156 valence electrons. The molecule has 1 heterocycles. The van der Waals surface area contributed by atoms with Gasteiger partial charge in [0.1, 0.15) is 0 Å². The predicted molar refractivity (Wildman–Crippen MR) is 109 cm³/mol. The van der Waals surface area contributed by atoms with Gasteiger partial charge >= 0.3 is 5.97 Å². The second kappa shape index (κ2) is 11.7. The number of methoxy groups -OCH3 is 1. The Morgan fingerprint density at radius 3 is 2.71 bits per heavy atom. The average Bonchev–Trinajstić information content (AvgIpc) is 3.09. The van der Waals surface area contributed by atoms with Crippen molar-refractivity contribution in [3.8, 4) is 0 Å². The maximum atomic E-state index is 11.9. The van der Waals surface area contributed by atoms with Crippen molar-refractivity contribution in [1.29, 1.82) is 0 Å². The minimum absolute atomic E-state index is 0.110. The average molecular weight is 392 g/mol. The van der Waals surface area contributed by atoms with Crippen LogP contribution in [0.1, 0.15) is 25.0 Å². The van der Waals surface area contributed by atoms with E-state index in [4.69, 9.17) is 14.2 Å². The first-order chi connectivity index (χ1) is 13.6. The van der Waals surface area contributed by atoms with Gasteiger partial charge in [0.05, 0.1) is 32.8 Å².